The average molecular weight is 327 g/mol. The first-order chi connectivity index (χ1) is 11.4. The highest BCUT2D eigenvalue weighted by molar-refractivity contribution is 6.17. The molecule has 24 heavy (non-hydrogen) atoms. The molecule has 3 rings (SSSR count). The van der Waals surface area contributed by atoms with Crippen molar-refractivity contribution in [3.63, 3.8) is 0 Å². The van der Waals surface area contributed by atoms with Crippen LogP contribution in [0.2, 0.25) is 0 Å². The summed E-state index contributed by atoms with van der Waals surface area (Å²) in [6.07, 6.45) is 2.65. The number of ether oxygens (including phenoxy) is 1. The molecule has 0 aliphatic rings. The highest BCUT2D eigenvalue weighted by atomic mass is 16.6. The van der Waals surface area contributed by atoms with Crippen molar-refractivity contribution in [1.29, 1.82) is 0 Å². The molecule has 124 valence electrons. The summed E-state index contributed by atoms with van der Waals surface area (Å²) in [5, 5.41) is 9.93. The van der Waals surface area contributed by atoms with E-state index in [0.29, 0.717) is 5.52 Å². The van der Waals surface area contributed by atoms with Crippen molar-refractivity contribution in [1.82, 2.24) is 4.57 Å². The van der Waals surface area contributed by atoms with Crippen LogP contribution in [0.3, 0.4) is 0 Å². The van der Waals surface area contributed by atoms with E-state index in [-0.39, 0.29) is 5.88 Å². The van der Waals surface area contributed by atoms with Crippen molar-refractivity contribution < 1.29 is 23.6 Å². The van der Waals surface area contributed by atoms with Crippen LogP contribution in [0.4, 0.5) is 4.79 Å². The molecule has 0 saturated carbocycles. The summed E-state index contributed by atoms with van der Waals surface area (Å²) in [5.41, 5.74) is 1.77. The Morgan fingerprint density at radius 3 is 2.71 bits per heavy atom. The number of hydrogen-bond donors (Lipinski definition) is 1. The van der Waals surface area contributed by atoms with E-state index in [1.54, 1.807) is 45.4 Å². The van der Waals surface area contributed by atoms with Crippen LogP contribution >= 0.6 is 0 Å². The van der Waals surface area contributed by atoms with Crippen LogP contribution in [-0.2, 0) is 4.74 Å². The number of fused-ring (bicyclic) bond motifs is 1. The van der Waals surface area contributed by atoms with E-state index in [0.717, 1.165) is 16.5 Å². The molecule has 6 nitrogen and oxygen atoms in total. The van der Waals surface area contributed by atoms with Gasteiger partial charge in [0.1, 0.15) is 5.60 Å². The van der Waals surface area contributed by atoms with Gasteiger partial charge < -0.3 is 18.8 Å². The number of furan rings is 1. The third kappa shape index (κ3) is 3.03. The van der Waals surface area contributed by atoms with Gasteiger partial charge in [0.15, 0.2) is 5.88 Å². The second-order valence-corrected chi connectivity index (χ2v) is 6.32. The van der Waals surface area contributed by atoms with Crippen molar-refractivity contribution in [3.8, 4) is 17.0 Å². The van der Waals surface area contributed by atoms with Gasteiger partial charge in [-0.2, -0.15) is 0 Å². The SMILES string of the molecule is CC(C)(C)OC(=O)n1c(OBO)cc2c(-c3ccoc3)cccc21. The Balaban J connectivity index is 2.18. The zero-order valence-corrected chi connectivity index (χ0v) is 13.8. The first kappa shape index (κ1) is 16.2. The van der Waals surface area contributed by atoms with Gasteiger partial charge in [-0.3, -0.25) is 0 Å². The van der Waals surface area contributed by atoms with Crippen LogP contribution in [-0.4, -0.2) is 29.0 Å². The maximum absolute atomic E-state index is 12.6. The highest BCUT2D eigenvalue weighted by Gasteiger charge is 2.24. The van der Waals surface area contributed by atoms with Gasteiger partial charge in [-0.25, -0.2) is 9.36 Å². The fourth-order valence-corrected chi connectivity index (χ4v) is 2.54. The van der Waals surface area contributed by atoms with Crippen LogP contribution in [0.5, 0.6) is 5.88 Å². The Kier molecular flexibility index (Phi) is 4.11. The summed E-state index contributed by atoms with van der Waals surface area (Å²) in [5.74, 6) is 0.220. The fourth-order valence-electron chi connectivity index (χ4n) is 2.54. The Labute approximate surface area is 139 Å². The van der Waals surface area contributed by atoms with Crippen molar-refractivity contribution in [2.75, 3.05) is 0 Å². The van der Waals surface area contributed by atoms with E-state index >= 15 is 0 Å². The summed E-state index contributed by atoms with van der Waals surface area (Å²) < 4.78 is 17.1. The number of hydrogen-bond acceptors (Lipinski definition) is 5. The molecule has 0 radical (unpaired) electrons. The molecular formula is C17H18BNO5. The first-order valence-corrected chi connectivity index (χ1v) is 7.55. The van der Waals surface area contributed by atoms with Gasteiger partial charge >= 0.3 is 13.8 Å². The predicted molar refractivity (Wildman–Crippen MR) is 91.3 cm³/mol. The minimum Gasteiger partial charge on any atom is -0.526 e. The lowest BCUT2D eigenvalue weighted by Gasteiger charge is -2.20. The highest BCUT2D eigenvalue weighted by Crippen LogP contribution is 2.34. The number of rotatable bonds is 3. The van der Waals surface area contributed by atoms with E-state index in [1.165, 1.54) is 4.57 Å². The fraction of sp³-hybridized carbons (Fsp3) is 0.235. The summed E-state index contributed by atoms with van der Waals surface area (Å²) in [6.45, 7) is 5.38. The Morgan fingerprint density at radius 1 is 1.29 bits per heavy atom. The van der Waals surface area contributed by atoms with Crippen molar-refractivity contribution in [2.45, 2.75) is 26.4 Å². The Morgan fingerprint density at radius 2 is 2.08 bits per heavy atom. The quantitative estimate of drug-likeness (QED) is 0.747. The van der Waals surface area contributed by atoms with Crippen LogP contribution < -0.4 is 4.65 Å². The molecular weight excluding hydrogens is 309 g/mol. The van der Waals surface area contributed by atoms with Gasteiger partial charge in [0.25, 0.3) is 0 Å². The molecule has 1 aromatic carbocycles. The maximum atomic E-state index is 12.6. The second-order valence-electron chi connectivity index (χ2n) is 6.32. The lowest BCUT2D eigenvalue weighted by atomic mass is 10.0. The van der Waals surface area contributed by atoms with Gasteiger partial charge in [0.05, 0.1) is 18.0 Å². The minimum atomic E-state index is -0.646. The Bertz CT molecular complexity index is 861. The van der Waals surface area contributed by atoms with E-state index in [9.17, 15) is 4.79 Å². The van der Waals surface area contributed by atoms with Crippen LogP contribution in [0.1, 0.15) is 20.8 Å². The molecule has 0 atom stereocenters. The van der Waals surface area contributed by atoms with Gasteiger partial charge in [0.2, 0.25) is 0 Å². The van der Waals surface area contributed by atoms with Gasteiger partial charge in [-0.15, -0.1) is 0 Å². The number of carbonyl (C=O) groups excluding carboxylic acids is 1. The third-order valence-electron chi connectivity index (χ3n) is 3.43. The van der Waals surface area contributed by atoms with Gasteiger partial charge in [-0.1, -0.05) is 12.1 Å². The van der Waals surface area contributed by atoms with Gasteiger partial charge in [0, 0.05) is 17.0 Å². The topological polar surface area (TPSA) is 73.8 Å². The molecule has 2 aromatic heterocycles. The largest absolute Gasteiger partial charge is 0.526 e. The van der Waals surface area contributed by atoms with E-state index < -0.39 is 19.4 Å². The van der Waals surface area contributed by atoms with Crippen molar-refractivity contribution >= 4 is 24.7 Å². The monoisotopic (exact) mass is 327 g/mol. The number of nitrogens with zero attached hydrogens (tertiary/aromatic N) is 1. The molecule has 0 saturated heterocycles. The standard InChI is InChI=1S/C17H18BNO5/c1-17(2,3)23-16(20)19-14-6-4-5-12(11-7-8-22-10-11)13(14)9-15(19)24-18-21/h4-10,18,21H,1-3H3. The molecule has 3 aromatic rings. The first-order valence-electron chi connectivity index (χ1n) is 7.55. The maximum Gasteiger partial charge on any atom is 0.505 e. The Hall–Kier alpha value is -2.67. The average Bonchev–Trinajstić information content (AvgIpc) is 3.12. The molecule has 2 heterocycles. The van der Waals surface area contributed by atoms with Crippen LogP contribution in [0.25, 0.3) is 22.0 Å². The smallest absolute Gasteiger partial charge is 0.505 e. The molecule has 0 spiro atoms. The van der Waals surface area contributed by atoms with Crippen LogP contribution in [0.15, 0.2) is 47.3 Å². The molecule has 0 bridgehead atoms. The zero-order chi connectivity index (χ0) is 17.3. The third-order valence-corrected chi connectivity index (χ3v) is 3.43. The summed E-state index contributed by atoms with van der Waals surface area (Å²) in [4.78, 5) is 12.6. The molecule has 0 amide bonds. The molecule has 0 aliphatic carbocycles. The molecule has 0 fully saturated rings. The van der Waals surface area contributed by atoms with Gasteiger partial charge in [-0.05, 0) is 38.5 Å². The second kappa shape index (κ2) is 6.09. The summed E-state index contributed by atoms with van der Waals surface area (Å²) in [6, 6.07) is 9.11. The van der Waals surface area contributed by atoms with Crippen LogP contribution in [0, 0.1) is 0 Å². The summed E-state index contributed by atoms with van der Waals surface area (Å²) >= 11 is 0. The number of aromatic nitrogens is 1. The van der Waals surface area contributed by atoms with E-state index in [4.69, 9.17) is 18.8 Å². The normalized spacial score (nSPS) is 11.5. The molecule has 1 N–H and O–H groups in total. The molecule has 7 heteroatoms. The summed E-state index contributed by atoms with van der Waals surface area (Å²) in [7, 11) is -0.542. The lowest BCUT2D eigenvalue weighted by Crippen LogP contribution is -2.27. The predicted octanol–water partition coefficient (Wildman–Crippen LogP) is 3.32. The van der Waals surface area contributed by atoms with E-state index in [2.05, 4.69) is 0 Å². The zero-order valence-electron chi connectivity index (χ0n) is 13.8. The molecule has 0 unspecified atom stereocenters. The number of carbonyl (C=O) groups is 1. The van der Waals surface area contributed by atoms with E-state index in [1.807, 2.05) is 18.2 Å². The lowest BCUT2D eigenvalue weighted by molar-refractivity contribution is 0.0537. The molecule has 0 aliphatic heterocycles. The minimum absolute atomic E-state index is 0.220. The van der Waals surface area contributed by atoms with Crippen molar-refractivity contribution in [3.05, 3.63) is 42.9 Å². The van der Waals surface area contributed by atoms with Crippen molar-refractivity contribution in [2.24, 2.45) is 0 Å². The number of benzene rings is 1.